The largest absolute Gasteiger partial charge is 0.326 e. The van der Waals surface area contributed by atoms with Crippen LogP contribution >= 0.6 is 0 Å². The zero-order valence-electron chi connectivity index (χ0n) is 13.6. The lowest BCUT2D eigenvalue weighted by Crippen LogP contribution is -2.28. The Morgan fingerprint density at radius 2 is 1.96 bits per heavy atom. The Bertz CT molecular complexity index is 832. The summed E-state index contributed by atoms with van der Waals surface area (Å²) < 4.78 is 0. The zero-order chi connectivity index (χ0) is 18.0. The first-order chi connectivity index (χ1) is 11.9. The molecule has 0 saturated carbocycles. The number of nitrogens with zero attached hydrogens (tertiary/aromatic N) is 2. The molecule has 7 nitrogen and oxygen atoms in total. The van der Waals surface area contributed by atoms with Crippen LogP contribution in [0.2, 0.25) is 0 Å². The normalized spacial score (nSPS) is 16.8. The van der Waals surface area contributed by atoms with Crippen LogP contribution in [-0.4, -0.2) is 23.3 Å². The highest BCUT2D eigenvalue weighted by atomic mass is 16.6. The summed E-state index contributed by atoms with van der Waals surface area (Å²) in [5, 5.41) is 13.5. The van der Waals surface area contributed by atoms with Gasteiger partial charge in [0.15, 0.2) is 0 Å². The minimum absolute atomic E-state index is 0.0958. The number of nitro benzene ring substituents is 1. The van der Waals surface area contributed by atoms with Gasteiger partial charge in [-0.25, -0.2) is 0 Å². The molecule has 1 N–H and O–H groups in total. The van der Waals surface area contributed by atoms with Gasteiger partial charge in [-0.3, -0.25) is 19.7 Å². The number of aryl methyl sites for hydroxylation is 1. The second kappa shape index (κ2) is 6.72. The first kappa shape index (κ1) is 16.6. The van der Waals surface area contributed by atoms with Gasteiger partial charge in [-0.05, 0) is 25.1 Å². The van der Waals surface area contributed by atoms with E-state index in [1.54, 1.807) is 11.0 Å². The van der Waals surface area contributed by atoms with Gasteiger partial charge in [0, 0.05) is 36.5 Å². The number of carbonyl (C=O) groups excluding carboxylic acids is 2. The van der Waals surface area contributed by atoms with Crippen LogP contribution in [-0.2, 0) is 9.59 Å². The van der Waals surface area contributed by atoms with Crippen LogP contribution in [0.5, 0.6) is 0 Å². The second-order valence-corrected chi connectivity index (χ2v) is 6.04. The Labute approximate surface area is 144 Å². The fourth-order valence-electron chi connectivity index (χ4n) is 2.80. The maximum atomic E-state index is 12.4. The fourth-order valence-corrected chi connectivity index (χ4v) is 2.80. The summed E-state index contributed by atoms with van der Waals surface area (Å²) in [6.45, 7) is 2.26. The molecule has 1 heterocycles. The molecule has 1 fully saturated rings. The molecule has 2 amide bonds. The van der Waals surface area contributed by atoms with Gasteiger partial charge in [0.05, 0.1) is 10.8 Å². The van der Waals surface area contributed by atoms with Gasteiger partial charge < -0.3 is 10.2 Å². The topological polar surface area (TPSA) is 92.6 Å². The van der Waals surface area contributed by atoms with Crippen molar-refractivity contribution in [2.45, 2.75) is 13.3 Å². The van der Waals surface area contributed by atoms with Crippen LogP contribution in [0.25, 0.3) is 0 Å². The number of nitro groups is 1. The van der Waals surface area contributed by atoms with Crippen LogP contribution in [0.4, 0.5) is 17.1 Å². The molecule has 128 valence electrons. The average Bonchev–Trinajstić information content (AvgIpc) is 2.98. The molecule has 0 spiro atoms. The van der Waals surface area contributed by atoms with Crippen LogP contribution in [0.1, 0.15) is 12.0 Å². The quantitative estimate of drug-likeness (QED) is 0.685. The van der Waals surface area contributed by atoms with Crippen LogP contribution in [0.15, 0.2) is 48.5 Å². The van der Waals surface area contributed by atoms with E-state index in [2.05, 4.69) is 5.32 Å². The lowest BCUT2D eigenvalue weighted by atomic mass is 10.1. The molecule has 1 atom stereocenters. The predicted octanol–water partition coefficient (Wildman–Crippen LogP) is 2.89. The van der Waals surface area contributed by atoms with E-state index in [1.807, 2.05) is 31.2 Å². The molecule has 3 rings (SSSR count). The first-order valence-corrected chi connectivity index (χ1v) is 7.86. The number of anilines is 2. The van der Waals surface area contributed by atoms with Crippen molar-refractivity contribution >= 4 is 28.9 Å². The van der Waals surface area contributed by atoms with Crippen molar-refractivity contribution in [2.24, 2.45) is 5.92 Å². The van der Waals surface area contributed by atoms with E-state index in [4.69, 9.17) is 0 Å². The lowest BCUT2D eigenvalue weighted by molar-refractivity contribution is -0.384. The number of benzene rings is 2. The summed E-state index contributed by atoms with van der Waals surface area (Å²) in [5.41, 5.74) is 2.11. The Morgan fingerprint density at radius 1 is 1.24 bits per heavy atom. The molecular weight excluding hydrogens is 322 g/mol. The molecule has 0 bridgehead atoms. The highest BCUT2D eigenvalue weighted by Gasteiger charge is 2.35. The third kappa shape index (κ3) is 3.65. The standard InChI is InChI=1S/C18H17N3O4/c1-12-5-7-15(8-6-12)20-11-13(9-17(20)22)18(23)19-14-3-2-4-16(10-14)21(24)25/h2-8,10,13H,9,11H2,1H3,(H,19,23)/t13-/m1/s1. The highest BCUT2D eigenvalue weighted by Crippen LogP contribution is 2.26. The van der Waals surface area contributed by atoms with Gasteiger partial charge in [0.2, 0.25) is 11.8 Å². The summed E-state index contributed by atoms with van der Waals surface area (Å²) in [5.74, 6) is -0.917. The van der Waals surface area contributed by atoms with Crippen LogP contribution in [0.3, 0.4) is 0 Å². The maximum Gasteiger partial charge on any atom is 0.271 e. The number of hydrogen-bond donors (Lipinski definition) is 1. The predicted molar refractivity (Wildman–Crippen MR) is 93.4 cm³/mol. The number of rotatable bonds is 4. The van der Waals surface area contributed by atoms with Crippen molar-refractivity contribution in [1.82, 2.24) is 0 Å². The molecule has 2 aromatic rings. The van der Waals surface area contributed by atoms with E-state index in [9.17, 15) is 19.7 Å². The van der Waals surface area contributed by atoms with Gasteiger partial charge in [-0.1, -0.05) is 23.8 Å². The molecule has 1 saturated heterocycles. The number of non-ortho nitro benzene ring substituents is 1. The molecule has 0 unspecified atom stereocenters. The van der Waals surface area contributed by atoms with Crippen molar-refractivity contribution in [3.05, 3.63) is 64.2 Å². The summed E-state index contributed by atoms with van der Waals surface area (Å²) in [6.07, 6.45) is 0.120. The number of hydrogen-bond acceptors (Lipinski definition) is 4. The molecule has 1 aliphatic heterocycles. The third-order valence-corrected chi connectivity index (χ3v) is 4.17. The molecular formula is C18H17N3O4. The van der Waals surface area contributed by atoms with E-state index in [0.29, 0.717) is 12.2 Å². The SMILES string of the molecule is Cc1ccc(N2C[C@H](C(=O)Nc3cccc([N+](=O)[O-])c3)CC2=O)cc1. The molecule has 0 aliphatic carbocycles. The van der Waals surface area contributed by atoms with Crippen molar-refractivity contribution in [3.8, 4) is 0 Å². The molecule has 0 aromatic heterocycles. The molecule has 25 heavy (non-hydrogen) atoms. The monoisotopic (exact) mass is 339 g/mol. The molecule has 7 heteroatoms. The van der Waals surface area contributed by atoms with Crippen molar-refractivity contribution in [1.29, 1.82) is 0 Å². The number of amides is 2. The zero-order valence-corrected chi connectivity index (χ0v) is 13.6. The number of nitrogens with one attached hydrogen (secondary N) is 1. The van der Waals surface area contributed by atoms with E-state index >= 15 is 0 Å². The van der Waals surface area contributed by atoms with Crippen LogP contribution in [0, 0.1) is 23.0 Å². The van der Waals surface area contributed by atoms with E-state index in [0.717, 1.165) is 11.3 Å². The maximum absolute atomic E-state index is 12.4. The van der Waals surface area contributed by atoms with E-state index in [1.165, 1.54) is 18.2 Å². The van der Waals surface area contributed by atoms with Crippen molar-refractivity contribution in [3.63, 3.8) is 0 Å². The Balaban J connectivity index is 1.69. The number of carbonyl (C=O) groups is 2. The van der Waals surface area contributed by atoms with Gasteiger partial charge in [0.1, 0.15) is 0 Å². The molecule has 0 radical (unpaired) electrons. The van der Waals surface area contributed by atoms with E-state index < -0.39 is 10.8 Å². The summed E-state index contributed by atoms with van der Waals surface area (Å²) in [7, 11) is 0. The molecule has 2 aromatic carbocycles. The van der Waals surface area contributed by atoms with Gasteiger partial charge in [-0.15, -0.1) is 0 Å². The van der Waals surface area contributed by atoms with Gasteiger partial charge in [-0.2, -0.15) is 0 Å². The van der Waals surface area contributed by atoms with Gasteiger partial charge in [0.25, 0.3) is 5.69 Å². The van der Waals surface area contributed by atoms with Gasteiger partial charge >= 0.3 is 0 Å². The van der Waals surface area contributed by atoms with E-state index in [-0.39, 0.29) is 23.9 Å². The summed E-state index contributed by atoms with van der Waals surface area (Å²) in [6, 6.07) is 13.3. The van der Waals surface area contributed by atoms with Crippen LogP contribution < -0.4 is 10.2 Å². The average molecular weight is 339 g/mol. The van der Waals surface area contributed by atoms with Crippen molar-refractivity contribution < 1.29 is 14.5 Å². The minimum atomic E-state index is -0.520. The fraction of sp³-hybridized carbons (Fsp3) is 0.222. The lowest BCUT2D eigenvalue weighted by Gasteiger charge is -2.17. The Kier molecular flexibility index (Phi) is 4.47. The second-order valence-electron chi connectivity index (χ2n) is 6.04. The molecule has 1 aliphatic rings. The summed E-state index contributed by atoms with van der Waals surface area (Å²) in [4.78, 5) is 36.5. The first-order valence-electron chi connectivity index (χ1n) is 7.86. The van der Waals surface area contributed by atoms with Crippen molar-refractivity contribution in [2.75, 3.05) is 16.8 Å². The highest BCUT2D eigenvalue weighted by molar-refractivity contribution is 6.03. The smallest absolute Gasteiger partial charge is 0.271 e. The third-order valence-electron chi connectivity index (χ3n) is 4.17. The summed E-state index contributed by atoms with van der Waals surface area (Å²) >= 11 is 0. The Morgan fingerprint density at radius 3 is 2.64 bits per heavy atom. The minimum Gasteiger partial charge on any atom is -0.326 e. The Hall–Kier alpha value is -3.22.